The van der Waals surface area contributed by atoms with E-state index in [0.29, 0.717) is 18.0 Å². The summed E-state index contributed by atoms with van der Waals surface area (Å²) >= 11 is 0. The molecule has 3 aromatic rings. The van der Waals surface area contributed by atoms with Gasteiger partial charge in [-0.25, -0.2) is 4.79 Å². The Bertz CT molecular complexity index is 999. The number of fused-ring (bicyclic) bond motifs is 1. The summed E-state index contributed by atoms with van der Waals surface area (Å²) in [5.41, 5.74) is 1.58. The Morgan fingerprint density at radius 1 is 1.27 bits per heavy atom. The fraction of sp³-hybridized carbons (Fsp3) is 0.455. The zero-order valence-electron chi connectivity index (χ0n) is 18.0. The molecule has 0 spiro atoms. The van der Waals surface area contributed by atoms with Gasteiger partial charge in [0.05, 0.1) is 18.6 Å². The minimum Gasteiger partial charge on any atom is -0.493 e. The zero-order valence-corrected chi connectivity index (χ0v) is 18.0. The number of nitrogens with one attached hydrogen (secondary N) is 1. The molecule has 8 heteroatoms. The third-order valence-electron chi connectivity index (χ3n) is 4.28. The van der Waals surface area contributed by atoms with E-state index in [0.717, 1.165) is 29.7 Å². The predicted molar refractivity (Wildman–Crippen MR) is 112 cm³/mol. The number of carbonyl (C=O) groups is 1. The number of ether oxygens (including phenoxy) is 3. The molecular weight excluding hydrogens is 388 g/mol. The smallest absolute Gasteiger partial charge is 0.493 e. The largest absolute Gasteiger partial charge is 0.515 e. The van der Waals surface area contributed by atoms with Gasteiger partial charge in [-0.1, -0.05) is 6.07 Å². The molecule has 0 atom stereocenters. The average Bonchev–Trinajstić information content (AvgIpc) is 3.25. The van der Waals surface area contributed by atoms with Crippen molar-refractivity contribution in [3.05, 3.63) is 30.0 Å². The lowest BCUT2D eigenvalue weighted by atomic mass is 10.1. The summed E-state index contributed by atoms with van der Waals surface area (Å²) in [5.74, 6) is 1.41. The van der Waals surface area contributed by atoms with Crippen LogP contribution in [0.5, 0.6) is 11.6 Å². The summed E-state index contributed by atoms with van der Waals surface area (Å²) in [6, 6.07) is 5.65. The van der Waals surface area contributed by atoms with Gasteiger partial charge in [0.15, 0.2) is 12.0 Å². The molecule has 0 aliphatic heterocycles. The van der Waals surface area contributed by atoms with Crippen molar-refractivity contribution in [2.24, 2.45) is 0 Å². The van der Waals surface area contributed by atoms with Crippen molar-refractivity contribution in [3.63, 3.8) is 0 Å². The van der Waals surface area contributed by atoms with E-state index in [-0.39, 0.29) is 23.9 Å². The summed E-state index contributed by atoms with van der Waals surface area (Å²) in [5, 5.41) is 4.31. The molecule has 8 nitrogen and oxygen atoms in total. The van der Waals surface area contributed by atoms with E-state index in [1.165, 1.54) is 6.26 Å². The molecule has 0 unspecified atom stereocenters. The van der Waals surface area contributed by atoms with Gasteiger partial charge < -0.3 is 28.4 Å². The van der Waals surface area contributed by atoms with Crippen LogP contribution in [0.3, 0.4) is 0 Å². The lowest BCUT2D eigenvalue weighted by Gasteiger charge is -2.20. The number of aryl methyl sites for hydroxylation is 1. The second-order valence-corrected chi connectivity index (χ2v) is 7.84. The topological polar surface area (TPSA) is 96.0 Å². The van der Waals surface area contributed by atoms with Crippen LogP contribution < -0.4 is 14.8 Å². The first-order chi connectivity index (χ1) is 14.3. The molecule has 2 heterocycles. The van der Waals surface area contributed by atoms with Gasteiger partial charge in [-0.2, -0.15) is 4.98 Å². The van der Waals surface area contributed by atoms with Gasteiger partial charge in [0.25, 0.3) is 11.8 Å². The van der Waals surface area contributed by atoms with Crippen molar-refractivity contribution < 1.29 is 27.8 Å². The molecule has 1 N–H and O–H groups in total. The van der Waals surface area contributed by atoms with Crippen molar-refractivity contribution >= 4 is 17.1 Å². The average molecular weight is 416 g/mol. The highest BCUT2D eigenvalue weighted by Gasteiger charge is 2.21. The van der Waals surface area contributed by atoms with E-state index >= 15 is 0 Å². The predicted octanol–water partition coefficient (Wildman–Crippen LogP) is 5.09. The van der Waals surface area contributed by atoms with Crippen LogP contribution in [0.2, 0.25) is 0 Å². The van der Waals surface area contributed by atoms with E-state index in [4.69, 9.17) is 23.0 Å². The number of aromatic nitrogens is 1. The first kappa shape index (κ1) is 21.7. The van der Waals surface area contributed by atoms with Crippen molar-refractivity contribution in [2.75, 3.05) is 19.8 Å². The molecule has 0 saturated carbocycles. The minimum absolute atomic E-state index is 0.00567. The molecule has 0 aliphatic rings. The van der Waals surface area contributed by atoms with Crippen LogP contribution in [-0.2, 0) is 4.74 Å². The maximum atomic E-state index is 11.4. The van der Waals surface area contributed by atoms with Gasteiger partial charge in [0.1, 0.15) is 11.3 Å². The lowest BCUT2D eigenvalue weighted by Crippen LogP contribution is -2.36. The Morgan fingerprint density at radius 3 is 2.80 bits per heavy atom. The molecule has 0 amide bonds. The second-order valence-electron chi connectivity index (χ2n) is 7.84. The fourth-order valence-corrected chi connectivity index (χ4v) is 2.95. The Kier molecular flexibility index (Phi) is 6.66. The van der Waals surface area contributed by atoms with Gasteiger partial charge in [-0.15, -0.1) is 0 Å². The molecule has 30 heavy (non-hydrogen) atoms. The molecule has 0 aliphatic carbocycles. The van der Waals surface area contributed by atoms with Crippen LogP contribution in [-0.4, -0.2) is 36.4 Å². The number of benzene rings is 1. The number of carbonyl (C=O) groups excluding carboxylic acids is 1. The molecule has 0 fully saturated rings. The van der Waals surface area contributed by atoms with E-state index in [2.05, 4.69) is 31.1 Å². The van der Waals surface area contributed by atoms with Gasteiger partial charge in [-0.3, -0.25) is 0 Å². The fourth-order valence-electron chi connectivity index (χ4n) is 2.95. The SMILES string of the molecule is CCOC(=O)Oc1coc(-c2oc3cccc(OCCCNC(C)(C)C)c3c2C)n1. The summed E-state index contributed by atoms with van der Waals surface area (Å²) in [6.07, 6.45) is 1.28. The number of furan rings is 1. The third-order valence-corrected chi connectivity index (χ3v) is 4.28. The van der Waals surface area contributed by atoms with E-state index in [1.54, 1.807) is 6.92 Å². The van der Waals surface area contributed by atoms with Crippen molar-refractivity contribution in [1.29, 1.82) is 0 Å². The molecule has 2 aromatic heterocycles. The Hall–Kier alpha value is -3.00. The minimum atomic E-state index is -0.838. The summed E-state index contributed by atoms with van der Waals surface area (Å²) < 4.78 is 27.1. The Morgan fingerprint density at radius 2 is 2.07 bits per heavy atom. The van der Waals surface area contributed by atoms with Crippen LogP contribution in [0.1, 0.15) is 39.7 Å². The van der Waals surface area contributed by atoms with Crippen molar-refractivity contribution in [1.82, 2.24) is 10.3 Å². The van der Waals surface area contributed by atoms with E-state index in [1.807, 2.05) is 25.1 Å². The number of hydrogen-bond acceptors (Lipinski definition) is 8. The molecule has 1 aromatic carbocycles. The summed E-state index contributed by atoms with van der Waals surface area (Å²) in [6.45, 7) is 11.7. The van der Waals surface area contributed by atoms with Crippen LogP contribution in [0.4, 0.5) is 4.79 Å². The quantitative estimate of drug-likeness (QED) is 0.401. The summed E-state index contributed by atoms with van der Waals surface area (Å²) in [4.78, 5) is 15.6. The van der Waals surface area contributed by atoms with Gasteiger partial charge in [0, 0.05) is 11.1 Å². The monoisotopic (exact) mass is 416 g/mol. The van der Waals surface area contributed by atoms with E-state index in [9.17, 15) is 4.79 Å². The number of nitrogens with zero attached hydrogens (tertiary/aromatic N) is 1. The number of oxazole rings is 1. The van der Waals surface area contributed by atoms with E-state index < -0.39 is 6.16 Å². The van der Waals surface area contributed by atoms with Gasteiger partial charge in [0.2, 0.25) is 0 Å². The van der Waals surface area contributed by atoms with Gasteiger partial charge in [-0.05, 0) is 59.7 Å². The Balaban J connectivity index is 1.74. The zero-order chi connectivity index (χ0) is 21.7. The maximum Gasteiger partial charge on any atom is 0.515 e. The maximum absolute atomic E-state index is 11.4. The molecule has 0 bridgehead atoms. The lowest BCUT2D eigenvalue weighted by molar-refractivity contribution is 0.102. The Labute approximate surface area is 175 Å². The highest BCUT2D eigenvalue weighted by molar-refractivity contribution is 5.91. The standard InChI is InChI=1S/C22H28N2O6/c1-6-26-21(25)30-17-13-28-20(24-17)19-14(2)18-15(9-7-10-16(18)29-19)27-12-8-11-23-22(3,4)5/h7,9-10,13,23H,6,8,11-12H2,1-5H3. The highest BCUT2D eigenvalue weighted by atomic mass is 16.7. The van der Waals surface area contributed by atoms with Crippen LogP contribution >= 0.6 is 0 Å². The number of rotatable bonds is 8. The van der Waals surface area contributed by atoms with Crippen LogP contribution in [0, 0.1) is 6.92 Å². The van der Waals surface area contributed by atoms with Gasteiger partial charge >= 0.3 is 6.16 Å². The van der Waals surface area contributed by atoms with Crippen molar-refractivity contribution in [2.45, 2.75) is 46.6 Å². The number of hydrogen-bond donors (Lipinski definition) is 1. The molecule has 0 radical (unpaired) electrons. The van der Waals surface area contributed by atoms with Crippen molar-refractivity contribution in [3.8, 4) is 23.3 Å². The molecule has 0 saturated heterocycles. The van der Waals surface area contributed by atoms with Crippen LogP contribution in [0.15, 0.2) is 33.3 Å². The first-order valence-electron chi connectivity index (χ1n) is 9.99. The highest BCUT2D eigenvalue weighted by Crippen LogP contribution is 2.38. The first-order valence-corrected chi connectivity index (χ1v) is 9.99. The second kappa shape index (κ2) is 9.21. The normalized spacial score (nSPS) is 11.6. The molecule has 3 rings (SSSR count). The molecule has 162 valence electrons. The summed E-state index contributed by atoms with van der Waals surface area (Å²) in [7, 11) is 0. The third kappa shape index (κ3) is 5.33. The molecular formula is C22H28N2O6. The van der Waals surface area contributed by atoms with Crippen LogP contribution in [0.25, 0.3) is 22.6 Å².